The molecule has 0 bridgehead atoms. The number of β-amino-alcohol motifs (C(OH)–C–C–N with tert-alkyl or cyclic N) is 1. The maximum atomic E-state index is 9.15. The molecule has 1 N–H and O–H groups in total. The summed E-state index contributed by atoms with van der Waals surface area (Å²) < 4.78 is 0. The van der Waals surface area contributed by atoms with Gasteiger partial charge in [-0.15, -0.1) is 0 Å². The number of hydrogen-bond donors (Lipinski definition) is 1. The first kappa shape index (κ1) is 13.1. The third-order valence-corrected chi connectivity index (χ3v) is 5.15. The van der Waals surface area contributed by atoms with Crippen molar-refractivity contribution in [3.05, 3.63) is 35.9 Å². The number of likely N-dealkylation sites (tertiary alicyclic amines) is 2. The normalized spacial score (nSPS) is 32.4. The Morgan fingerprint density at radius 1 is 1.21 bits per heavy atom. The van der Waals surface area contributed by atoms with Crippen molar-refractivity contribution in [1.29, 1.82) is 0 Å². The lowest BCUT2D eigenvalue weighted by atomic mass is 9.69. The average molecular weight is 260 g/mol. The largest absolute Gasteiger partial charge is 0.395 e. The second kappa shape index (κ2) is 5.23. The molecule has 2 saturated heterocycles. The smallest absolute Gasteiger partial charge is 0.0558 e. The van der Waals surface area contributed by atoms with Crippen molar-refractivity contribution in [2.75, 3.05) is 39.8 Å². The Balaban J connectivity index is 1.88. The van der Waals surface area contributed by atoms with E-state index in [1.165, 1.54) is 24.9 Å². The zero-order chi connectivity index (χ0) is 13.3. The van der Waals surface area contributed by atoms with Crippen molar-refractivity contribution in [1.82, 2.24) is 9.80 Å². The van der Waals surface area contributed by atoms with E-state index in [4.69, 9.17) is 5.11 Å². The quantitative estimate of drug-likeness (QED) is 0.888. The van der Waals surface area contributed by atoms with Crippen molar-refractivity contribution < 1.29 is 5.11 Å². The molecule has 3 nitrogen and oxygen atoms in total. The van der Waals surface area contributed by atoms with Crippen molar-refractivity contribution in [3.8, 4) is 0 Å². The summed E-state index contributed by atoms with van der Waals surface area (Å²) in [5.41, 5.74) is 1.84. The van der Waals surface area contributed by atoms with Gasteiger partial charge in [0.25, 0.3) is 0 Å². The molecular formula is C16H24N2O. The first-order chi connectivity index (χ1) is 9.26. The number of fused-ring (bicyclic) bond motifs is 1. The lowest BCUT2D eigenvalue weighted by Gasteiger charge is -2.46. The fourth-order valence-corrected chi connectivity index (χ4v) is 4.02. The van der Waals surface area contributed by atoms with E-state index in [9.17, 15) is 0 Å². The van der Waals surface area contributed by atoms with E-state index in [0.717, 1.165) is 19.6 Å². The number of nitrogens with zero attached hydrogens (tertiary/aromatic N) is 2. The molecule has 2 fully saturated rings. The standard InChI is InChI=1S/C16H24N2O/c1-17-9-7-16(14-5-3-2-4-6-14)8-10-18(11-12-19)13-15(16)17/h2-6,15,19H,7-13H2,1H3/t15-,16-/m0/s1. The Hall–Kier alpha value is -0.900. The molecule has 19 heavy (non-hydrogen) atoms. The summed E-state index contributed by atoms with van der Waals surface area (Å²) in [5, 5.41) is 9.15. The van der Waals surface area contributed by atoms with Crippen LogP contribution < -0.4 is 0 Å². The van der Waals surface area contributed by atoms with E-state index in [1.54, 1.807) is 0 Å². The van der Waals surface area contributed by atoms with Crippen molar-refractivity contribution in [3.63, 3.8) is 0 Å². The number of piperidine rings is 1. The zero-order valence-corrected chi connectivity index (χ0v) is 11.8. The van der Waals surface area contributed by atoms with Gasteiger partial charge < -0.3 is 10.0 Å². The summed E-state index contributed by atoms with van der Waals surface area (Å²) in [6, 6.07) is 11.6. The molecule has 1 aromatic carbocycles. The van der Waals surface area contributed by atoms with Gasteiger partial charge >= 0.3 is 0 Å². The van der Waals surface area contributed by atoms with Crippen LogP contribution in [0.25, 0.3) is 0 Å². The van der Waals surface area contributed by atoms with Gasteiger partial charge in [-0.1, -0.05) is 30.3 Å². The van der Waals surface area contributed by atoms with Gasteiger partial charge in [-0.05, 0) is 38.5 Å². The number of aliphatic hydroxyl groups is 1. The third-order valence-electron chi connectivity index (χ3n) is 5.15. The minimum atomic E-state index is 0.273. The molecule has 0 aromatic heterocycles. The van der Waals surface area contributed by atoms with Gasteiger partial charge in [0.1, 0.15) is 0 Å². The molecule has 3 heteroatoms. The van der Waals surface area contributed by atoms with E-state index in [-0.39, 0.29) is 6.61 Å². The Bertz CT molecular complexity index is 422. The molecule has 0 amide bonds. The number of likely N-dealkylation sites (N-methyl/N-ethyl adjacent to an activating group) is 1. The molecule has 1 aromatic rings. The molecule has 3 rings (SSSR count). The first-order valence-corrected chi connectivity index (χ1v) is 7.35. The Morgan fingerprint density at radius 2 is 1.95 bits per heavy atom. The maximum absolute atomic E-state index is 9.15. The number of aliphatic hydroxyl groups excluding tert-OH is 1. The molecule has 2 atom stereocenters. The van der Waals surface area contributed by atoms with Crippen LogP contribution in [0.2, 0.25) is 0 Å². The monoisotopic (exact) mass is 260 g/mol. The van der Waals surface area contributed by atoms with Crippen LogP contribution in [0.5, 0.6) is 0 Å². The zero-order valence-electron chi connectivity index (χ0n) is 11.8. The summed E-state index contributed by atoms with van der Waals surface area (Å²) in [4.78, 5) is 4.92. The second-order valence-electron chi connectivity index (χ2n) is 6.04. The molecule has 0 unspecified atom stereocenters. The SMILES string of the molecule is CN1CC[C@@]2(c3ccccc3)CCN(CCO)C[C@H]12. The highest BCUT2D eigenvalue weighted by Gasteiger charge is 2.49. The molecular weight excluding hydrogens is 236 g/mol. The Labute approximate surface area is 115 Å². The average Bonchev–Trinajstić information content (AvgIpc) is 2.79. The fourth-order valence-electron chi connectivity index (χ4n) is 4.02. The van der Waals surface area contributed by atoms with Crippen LogP contribution in [0.4, 0.5) is 0 Å². The molecule has 2 heterocycles. The Kier molecular flexibility index (Phi) is 3.61. The molecule has 0 aliphatic carbocycles. The minimum absolute atomic E-state index is 0.273. The van der Waals surface area contributed by atoms with Gasteiger partial charge in [0.05, 0.1) is 6.61 Å². The predicted octanol–water partition coefficient (Wildman–Crippen LogP) is 1.33. The predicted molar refractivity (Wildman–Crippen MR) is 77.3 cm³/mol. The van der Waals surface area contributed by atoms with E-state index >= 15 is 0 Å². The van der Waals surface area contributed by atoms with E-state index in [1.807, 2.05) is 0 Å². The molecule has 104 valence electrons. The highest BCUT2D eigenvalue weighted by molar-refractivity contribution is 5.31. The van der Waals surface area contributed by atoms with Crippen LogP contribution in [0.15, 0.2) is 30.3 Å². The number of hydrogen-bond acceptors (Lipinski definition) is 3. The second-order valence-corrected chi connectivity index (χ2v) is 6.04. The van der Waals surface area contributed by atoms with Crippen LogP contribution in [0, 0.1) is 0 Å². The lowest BCUT2D eigenvalue weighted by molar-refractivity contribution is 0.0824. The van der Waals surface area contributed by atoms with Gasteiger partial charge in [0.2, 0.25) is 0 Å². The molecule has 0 spiro atoms. The maximum Gasteiger partial charge on any atom is 0.0558 e. The number of rotatable bonds is 3. The van der Waals surface area contributed by atoms with E-state index in [2.05, 4.69) is 47.2 Å². The van der Waals surface area contributed by atoms with Gasteiger partial charge in [-0.2, -0.15) is 0 Å². The summed E-state index contributed by atoms with van der Waals surface area (Å²) in [7, 11) is 2.25. The third kappa shape index (κ3) is 2.20. The summed E-state index contributed by atoms with van der Waals surface area (Å²) >= 11 is 0. The van der Waals surface area contributed by atoms with Crippen molar-refractivity contribution >= 4 is 0 Å². The summed E-state index contributed by atoms with van der Waals surface area (Å²) in [6.45, 7) is 4.47. The van der Waals surface area contributed by atoms with Crippen molar-refractivity contribution in [2.45, 2.75) is 24.3 Å². The van der Waals surface area contributed by atoms with Gasteiger partial charge in [0.15, 0.2) is 0 Å². The van der Waals surface area contributed by atoms with E-state index < -0.39 is 0 Å². The highest BCUT2D eigenvalue weighted by Crippen LogP contribution is 2.44. The molecule has 0 radical (unpaired) electrons. The molecule has 2 aliphatic rings. The van der Waals surface area contributed by atoms with Gasteiger partial charge in [0, 0.05) is 24.5 Å². The van der Waals surface area contributed by atoms with Crippen LogP contribution in [-0.2, 0) is 5.41 Å². The van der Waals surface area contributed by atoms with Crippen LogP contribution in [0.1, 0.15) is 18.4 Å². The number of benzene rings is 1. The lowest BCUT2D eigenvalue weighted by Crippen LogP contribution is -2.55. The van der Waals surface area contributed by atoms with Crippen LogP contribution >= 0.6 is 0 Å². The summed E-state index contributed by atoms with van der Waals surface area (Å²) in [5.74, 6) is 0. The van der Waals surface area contributed by atoms with Gasteiger partial charge in [-0.25, -0.2) is 0 Å². The van der Waals surface area contributed by atoms with Crippen molar-refractivity contribution in [2.24, 2.45) is 0 Å². The van der Waals surface area contributed by atoms with Crippen LogP contribution in [0.3, 0.4) is 0 Å². The first-order valence-electron chi connectivity index (χ1n) is 7.35. The molecule has 0 saturated carbocycles. The summed E-state index contributed by atoms with van der Waals surface area (Å²) in [6.07, 6.45) is 2.48. The van der Waals surface area contributed by atoms with Crippen LogP contribution in [-0.4, -0.2) is 60.8 Å². The fraction of sp³-hybridized carbons (Fsp3) is 0.625. The van der Waals surface area contributed by atoms with Gasteiger partial charge in [-0.3, -0.25) is 4.90 Å². The highest BCUT2D eigenvalue weighted by atomic mass is 16.3. The molecule has 2 aliphatic heterocycles. The minimum Gasteiger partial charge on any atom is -0.395 e. The topological polar surface area (TPSA) is 26.7 Å². The Morgan fingerprint density at radius 3 is 2.68 bits per heavy atom. The van der Waals surface area contributed by atoms with E-state index in [0.29, 0.717) is 11.5 Å².